The van der Waals surface area contributed by atoms with Crippen molar-refractivity contribution in [2.45, 2.75) is 33.0 Å². The monoisotopic (exact) mass is 404 g/mol. The first-order chi connectivity index (χ1) is 13.7. The molecule has 2 rings (SSSR count). The summed E-state index contributed by atoms with van der Waals surface area (Å²) in [6.45, 7) is 3.94. The Balaban J connectivity index is 1.96. The molecule has 0 saturated heterocycles. The molecule has 0 bridgehead atoms. The van der Waals surface area contributed by atoms with Crippen molar-refractivity contribution < 1.29 is 22.7 Å². The molecule has 0 aliphatic carbocycles. The van der Waals surface area contributed by atoms with E-state index in [1.54, 1.807) is 37.3 Å². The number of benzene rings is 2. The summed E-state index contributed by atoms with van der Waals surface area (Å²) in [6.07, 6.45) is -0.0246. The number of amides is 1. The van der Waals surface area contributed by atoms with E-state index in [1.165, 1.54) is 12.1 Å². The summed E-state index contributed by atoms with van der Waals surface area (Å²) in [5, 5.41) is 2.80. The molecule has 4 nitrogen and oxygen atoms in total. The smallest absolute Gasteiger partial charge is 0.416 e. The molecular formula is C22H23F3N2O2. The minimum atomic E-state index is -4.38. The van der Waals surface area contributed by atoms with Crippen molar-refractivity contribution in [3.05, 3.63) is 83.1 Å². The first kappa shape index (κ1) is 22.1. The maximum absolute atomic E-state index is 12.6. The number of nitrogens with two attached hydrogens (primary N) is 1. The fourth-order valence-electron chi connectivity index (χ4n) is 2.42. The Morgan fingerprint density at radius 2 is 1.62 bits per heavy atom. The molecular weight excluding hydrogens is 381 g/mol. The summed E-state index contributed by atoms with van der Waals surface area (Å²) < 4.78 is 43.3. The van der Waals surface area contributed by atoms with Crippen molar-refractivity contribution in [2.75, 3.05) is 0 Å². The zero-order valence-electron chi connectivity index (χ0n) is 16.2. The lowest BCUT2D eigenvalue weighted by Crippen LogP contribution is -2.25. The van der Waals surface area contributed by atoms with Gasteiger partial charge in [-0.2, -0.15) is 13.2 Å². The standard InChI is InChI=1S/C22H23F3N2O2/c1-3-4-5-20(15(2)26)21(28)27-14-16-6-10-18(11-7-16)29-19-12-8-17(9-13-19)22(23,24)25/h4-13H,3,14,26H2,1-2H3,(H,27,28)/b5-4-,20-15-. The van der Waals surface area contributed by atoms with E-state index in [-0.39, 0.29) is 5.91 Å². The van der Waals surface area contributed by atoms with E-state index in [0.717, 1.165) is 24.1 Å². The molecule has 0 unspecified atom stereocenters. The first-order valence-electron chi connectivity index (χ1n) is 9.06. The minimum Gasteiger partial charge on any atom is -0.457 e. The van der Waals surface area contributed by atoms with Gasteiger partial charge in [0.15, 0.2) is 0 Å². The van der Waals surface area contributed by atoms with Crippen LogP contribution in [0.5, 0.6) is 11.5 Å². The number of carbonyl (C=O) groups is 1. The highest BCUT2D eigenvalue weighted by molar-refractivity contribution is 5.96. The maximum atomic E-state index is 12.6. The summed E-state index contributed by atoms with van der Waals surface area (Å²) in [5.41, 5.74) is 6.73. The highest BCUT2D eigenvalue weighted by atomic mass is 19.4. The molecule has 0 radical (unpaired) electrons. The van der Waals surface area contributed by atoms with Gasteiger partial charge < -0.3 is 15.8 Å². The number of hydrogen-bond donors (Lipinski definition) is 2. The molecule has 154 valence electrons. The Bertz CT molecular complexity index is 880. The Hall–Kier alpha value is -3.22. The van der Waals surface area contributed by atoms with Crippen LogP contribution in [0.3, 0.4) is 0 Å². The van der Waals surface area contributed by atoms with Gasteiger partial charge in [-0.3, -0.25) is 4.79 Å². The Morgan fingerprint density at radius 3 is 2.10 bits per heavy atom. The lowest BCUT2D eigenvalue weighted by Gasteiger charge is -2.10. The van der Waals surface area contributed by atoms with E-state index >= 15 is 0 Å². The van der Waals surface area contributed by atoms with Gasteiger partial charge in [0.2, 0.25) is 0 Å². The minimum absolute atomic E-state index is 0.264. The van der Waals surface area contributed by atoms with Crippen molar-refractivity contribution in [1.29, 1.82) is 0 Å². The molecule has 0 heterocycles. The number of ether oxygens (including phenoxy) is 1. The van der Waals surface area contributed by atoms with Crippen LogP contribution in [0, 0.1) is 0 Å². The lowest BCUT2D eigenvalue weighted by molar-refractivity contribution is -0.137. The van der Waals surface area contributed by atoms with E-state index in [9.17, 15) is 18.0 Å². The zero-order valence-corrected chi connectivity index (χ0v) is 16.2. The Morgan fingerprint density at radius 1 is 1.07 bits per heavy atom. The number of allylic oxidation sites excluding steroid dienone is 2. The molecule has 3 N–H and O–H groups in total. The van der Waals surface area contributed by atoms with Crippen LogP contribution >= 0.6 is 0 Å². The molecule has 7 heteroatoms. The fourth-order valence-corrected chi connectivity index (χ4v) is 2.42. The zero-order chi connectivity index (χ0) is 21.4. The average molecular weight is 404 g/mol. The van der Waals surface area contributed by atoms with Crippen LogP contribution in [0.2, 0.25) is 0 Å². The number of halogens is 3. The predicted molar refractivity (Wildman–Crippen MR) is 106 cm³/mol. The van der Waals surface area contributed by atoms with Crippen LogP contribution in [-0.4, -0.2) is 5.91 Å². The highest BCUT2D eigenvalue weighted by Crippen LogP contribution is 2.31. The molecule has 0 atom stereocenters. The van der Waals surface area contributed by atoms with Gasteiger partial charge in [-0.1, -0.05) is 31.2 Å². The van der Waals surface area contributed by atoms with Crippen molar-refractivity contribution in [3.8, 4) is 11.5 Å². The van der Waals surface area contributed by atoms with Crippen LogP contribution in [0.25, 0.3) is 0 Å². The summed E-state index contributed by atoms with van der Waals surface area (Å²) in [5.74, 6) is 0.513. The molecule has 0 spiro atoms. The number of alkyl halides is 3. The molecule has 2 aromatic rings. The fraction of sp³-hybridized carbons (Fsp3) is 0.227. The second-order valence-corrected chi connectivity index (χ2v) is 6.36. The van der Waals surface area contributed by atoms with Gasteiger partial charge in [-0.15, -0.1) is 0 Å². The third-order valence-electron chi connectivity index (χ3n) is 3.98. The lowest BCUT2D eigenvalue weighted by atomic mass is 10.1. The van der Waals surface area contributed by atoms with Crippen molar-refractivity contribution in [2.24, 2.45) is 5.73 Å². The summed E-state index contributed by atoms with van der Waals surface area (Å²) in [6, 6.07) is 11.4. The molecule has 2 aromatic carbocycles. The van der Waals surface area contributed by atoms with E-state index in [2.05, 4.69) is 5.32 Å². The summed E-state index contributed by atoms with van der Waals surface area (Å²) >= 11 is 0. The van der Waals surface area contributed by atoms with Crippen LogP contribution in [0.15, 0.2) is 72.0 Å². The van der Waals surface area contributed by atoms with Crippen molar-refractivity contribution in [1.82, 2.24) is 5.32 Å². The van der Waals surface area contributed by atoms with Gasteiger partial charge in [0, 0.05) is 12.2 Å². The predicted octanol–water partition coefficient (Wildman–Crippen LogP) is 5.31. The molecule has 0 aliphatic rings. The first-order valence-corrected chi connectivity index (χ1v) is 9.06. The van der Waals surface area contributed by atoms with E-state index in [0.29, 0.717) is 29.3 Å². The molecule has 0 fully saturated rings. The van der Waals surface area contributed by atoms with E-state index < -0.39 is 11.7 Å². The average Bonchev–Trinajstić information content (AvgIpc) is 2.67. The van der Waals surface area contributed by atoms with Gasteiger partial charge in [-0.25, -0.2) is 0 Å². The van der Waals surface area contributed by atoms with Gasteiger partial charge in [0.25, 0.3) is 5.91 Å². The van der Waals surface area contributed by atoms with Crippen molar-refractivity contribution in [3.63, 3.8) is 0 Å². The molecule has 0 aliphatic heterocycles. The van der Waals surface area contributed by atoms with Crippen molar-refractivity contribution >= 4 is 5.91 Å². The number of carbonyl (C=O) groups excluding carboxylic acids is 1. The quantitative estimate of drug-likeness (QED) is 0.485. The van der Waals surface area contributed by atoms with Gasteiger partial charge >= 0.3 is 6.18 Å². The third kappa shape index (κ3) is 6.71. The number of hydrogen-bond acceptors (Lipinski definition) is 3. The Labute approximate surface area is 167 Å². The van der Waals surface area contributed by atoms with Gasteiger partial charge in [0.1, 0.15) is 11.5 Å². The second-order valence-electron chi connectivity index (χ2n) is 6.36. The van der Waals surface area contributed by atoms with Crippen LogP contribution in [0.4, 0.5) is 13.2 Å². The summed E-state index contributed by atoms with van der Waals surface area (Å²) in [4.78, 5) is 12.3. The van der Waals surface area contributed by atoms with Gasteiger partial charge in [-0.05, 0) is 55.3 Å². The summed E-state index contributed by atoms with van der Waals surface area (Å²) in [7, 11) is 0. The molecule has 29 heavy (non-hydrogen) atoms. The Kier molecular flexibility index (Phi) is 7.47. The number of rotatable bonds is 7. The largest absolute Gasteiger partial charge is 0.457 e. The number of nitrogens with one attached hydrogen (secondary N) is 1. The second kappa shape index (κ2) is 9.82. The molecule has 0 saturated carbocycles. The molecule has 0 aromatic heterocycles. The van der Waals surface area contributed by atoms with Crippen LogP contribution < -0.4 is 15.8 Å². The topological polar surface area (TPSA) is 64.3 Å². The SMILES string of the molecule is CC/C=C\C(C(=O)NCc1ccc(Oc2ccc(C(F)(F)F)cc2)cc1)=C(/C)N. The maximum Gasteiger partial charge on any atom is 0.416 e. The normalized spacial score (nSPS) is 12.6. The van der Waals surface area contributed by atoms with E-state index in [1.807, 2.05) is 13.0 Å². The van der Waals surface area contributed by atoms with E-state index in [4.69, 9.17) is 10.5 Å². The van der Waals surface area contributed by atoms with Gasteiger partial charge in [0.05, 0.1) is 11.1 Å². The highest BCUT2D eigenvalue weighted by Gasteiger charge is 2.30. The van der Waals surface area contributed by atoms with Crippen LogP contribution in [-0.2, 0) is 17.5 Å². The third-order valence-corrected chi connectivity index (χ3v) is 3.98. The molecule has 1 amide bonds. The van der Waals surface area contributed by atoms with Crippen LogP contribution in [0.1, 0.15) is 31.4 Å².